The first-order valence-electron chi connectivity index (χ1n) is 8.14. The van der Waals surface area contributed by atoms with E-state index < -0.39 is 0 Å². The SMILES string of the molecule is Cn1c2c(c3ccccc31)/C(c1ccc(C#N)cc1)=C\COCC2. The van der Waals surface area contributed by atoms with Crippen molar-refractivity contribution in [1.82, 2.24) is 4.57 Å². The van der Waals surface area contributed by atoms with E-state index >= 15 is 0 Å². The van der Waals surface area contributed by atoms with Crippen LogP contribution in [0.5, 0.6) is 0 Å². The van der Waals surface area contributed by atoms with Gasteiger partial charge in [0.05, 0.1) is 24.8 Å². The average Bonchev–Trinajstić information content (AvgIpc) is 2.87. The van der Waals surface area contributed by atoms with Crippen molar-refractivity contribution in [2.45, 2.75) is 6.42 Å². The van der Waals surface area contributed by atoms with Crippen LogP contribution in [-0.2, 0) is 18.2 Å². The van der Waals surface area contributed by atoms with Gasteiger partial charge in [0, 0.05) is 35.6 Å². The smallest absolute Gasteiger partial charge is 0.0991 e. The quantitative estimate of drug-likeness (QED) is 0.679. The molecule has 0 bridgehead atoms. The molecule has 3 nitrogen and oxygen atoms in total. The predicted molar refractivity (Wildman–Crippen MR) is 95.7 cm³/mol. The molecule has 0 unspecified atom stereocenters. The Morgan fingerprint density at radius 1 is 1.08 bits per heavy atom. The highest BCUT2D eigenvalue weighted by atomic mass is 16.5. The topological polar surface area (TPSA) is 38.0 Å². The van der Waals surface area contributed by atoms with Gasteiger partial charge in [0.15, 0.2) is 0 Å². The normalized spacial score (nSPS) is 16.6. The van der Waals surface area contributed by atoms with Gasteiger partial charge in [0.25, 0.3) is 0 Å². The molecule has 0 N–H and O–H groups in total. The van der Waals surface area contributed by atoms with Crippen molar-refractivity contribution in [2.75, 3.05) is 13.2 Å². The molecule has 1 aliphatic heterocycles. The Morgan fingerprint density at radius 3 is 2.67 bits per heavy atom. The Kier molecular flexibility index (Phi) is 3.68. The Bertz CT molecular complexity index is 971. The highest BCUT2D eigenvalue weighted by Crippen LogP contribution is 2.36. The minimum atomic E-state index is 0.609. The van der Waals surface area contributed by atoms with Gasteiger partial charge in [-0.3, -0.25) is 0 Å². The number of nitrogens with zero attached hydrogens (tertiary/aromatic N) is 2. The maximum absolute atomic E-state index is 9.04. The lowest BCUT2D eigenvalue weighted by Crippen LogP contribution is -2.09. The van der Waals surface area contributed by atoms with E-state index in [1.807, 2.05) is 24.3 Å². The zero-order valence-electron chi connectivity index (χ0n) is 13.6. The van der Waals surface area contributed by atoms with Crippen LogP contribution in [0.4, 0.5) is 0 Å². The van der Waals surface area contributed by atoms with Crippen LogP contribution in [0.25, 0.3) is 16.5 Å². The van der Waals surface area contributed by atoms with E-state index in [-0.39, 0.29) is 0 Å². The van der Waals surface area contributed by atoms with Crippen molar-refractivity contribution in [3.63, 3.8) is 0 Å². The van der Waals surface area contributed by atoms with Gasteiger partial charge in [-0.1, -0.05) is 36.4 Å². The van der Waals surface area contributed by atoms with Crippen molar-refractivity contribution >= 4 is 16.5 Å². The summed E-state index contributed by atoms with van der Waals surface area (Å²) in [7, 11) is 2.12. The number of ether oxygens (including phenoxy) is 1. The highest BCUT2D eigenvalue weighted by molar-refractivity contribution is 5.99. The van der Waals surface area contributed by atoms with Crippen LogP contribution in [0, 0.1) is 11.3 Å². The van der Waals surface area contributed by atoms with Crippen LogP contribution < -0.4 is 0 Å². The van der Waals surface area contributed by atoms with Crippen LogP contribution in [0.1, 0.15) is 22.4 Å². The molecule has 0 atom stereocenters. The lowest BCUT2D eigenvalue weighted by Gasteiger charge is -2.15. The predicted octanol–water partition coefficient (Wildman–Crippen LogP) is 4.05. The number of para-hydroxylation sites is 1. The number of benzene rings is 2. The van der Waals surface area contributed by atoms with E-state index in [1.54, 1.807) is 0 Å². The zero-order valence-corrected chi connectivity index (χ0v) is 13.6. The third-order valence-corrected chi connectivity index (χ3v) is 4.71. The van der Waals surface area contributed by atoms with Crippen molar-refractivity contribution in [3.8, 4) is 6.07 Å². The van der Waals surface area contributed by atoms with E-state index in [9.17, 15) is 0 Å². The molecule has 3 heteroatoms. The first-order valence-corrected chi connectivity index (χ1v) is 8.14. The summed E-state index contributed by atoms with van der Waals surface area (Å²) in [5.41, 5.74) is 6.82. The fourth-order valence-corrected chi connectivity index (χ4v) is 3.52. The lowest BCUT2D eigenvalue weighted by atomic mass is 9.93. The number of hydrogen-bond donors (Lipinski definition) is 0. The Labute approximate surface area is 141 Å². The molecule has 0 amide bonds. The molecule has 3 aromatic rings. The first kappa shape index (κ1) is 14.7. The van der Waals surface area contributed by atoms with E-state index in [1.165, 1.54) is 27.7 Å². The van der Waals surface area contributed by atoms with E-state index in [4.69, 9.17) is 10.00 Å². The van der Waals surface area contributed by atoms with Gasteiger partial charge in [-0.25, -0.2) is 0 Å². The number of fused-ring (bicyclic) bond motifs is 3. The van der Waals surface area contributed by atoms with Gasteiger partial charge in [0.1, 0.15) is 0 Å². The van der Waals surface area contributed by atoms with Crippen molar-refractivity contribution < 1.29 is 4.74 Å². The molecule has 0 aliphatic carbocycles. The molecule has 1 aromatic heterocycles. The van der Waals surface area contributed by atoms with E-state index in [2.05, 4.69) is 48.0 Å². The first-order chi connectivity index (χ1) is 11.8. The maximum atomic E-state index is 9.04. The summed E-state index contributed by atoms with van der Waals surface area (Å²) in [5.74, 6) is 0. The standard InChI is InChI=1S/C21H18N2O/c1-23-19-5-3-2-4-18(19)21-17(10-12-24-13-11-20(21)23)16-8-6-15(14-22)7-9-16/h2-10H,11-13H2,1H3/b17-10-. The number of nitriles is 1. The Hall–Kier alpha value is -2.83. The summed E-state index contributed by atoms with van der Waals surface area (Å²) >= 11 is 0. The second-order valence-corrected chi connectivity index (χ2v) is 6.03. The van der Waals surface area contributed by atoms with E-state index in [0.717, 1.165) is 18.6 Å². The molecule has 0 saturated carbocycles. The van der Waals surface area contributed by atoms with Gasteiger partial charge in [-0.05, 0) is 29.3 Å². The van der Waals surface area contributed by atoms with Gasteiger partial charge in [0.2, 0.25) is 0 Å². The summed E-state index contributed by atoms with van der Waals surface area (Å²) < 4.78 is 8.01. The summed E-state index contributed by atoms with van der Waals surface area (Å²) in [6.45, 7) is 1.34. The monoisotopic (exact) mass is 314 g/mol. The molecule has 4 rings (SSSR count). The molecule has 2 heterocycles. The molecule has 0 fully saturated rings. The fraction of sp³-hybridized carbons (Fsp3) is 0.190. The largest absolute Gasteiger partial charge is 0.377 e. The number of aromatic nitrogens is 1. The summed E-state index contributed by atoms with van der Waals surface area (Å²) in [5, 5.41) is 10.3. The molecule has 24 heavy (non-hydrogen) atoms. The highest BCUT2D eigenvalue weighted by Gasteiger charge is 2.20. The third kappa shape index (κ3) is 2.33. The summed E-state index contributed by atoms with van der Waals surface area (Å²) in [6, 6.07) is 18.5. The minimum absolute atomic E-state index is 0.609. The Morgan fingerprint density at radius 2 is 1.88 bits per heavy atom. The molecule has 2 aromatic carbocycles. The summed E-state index contributed by atoms with van der Waals surface area (Å²) in [6.07, 6.45) is 3.06. The molecule has 0 spiro atoms. The van der Waals surface area contributed by atoms with Gasteiger partial charge < -0.3 is 9.30 Å². The molecule has 0 saturated heterocycles. The van der Waals surface area contributed by atoms with Gasteiger partial charge >= 0.3 is 0 Å². The molecular weight excluding hydrogens is 296 g/mol. The number of rotatable bonds is 1. The molecule has 1 aliphatic rings. The lowest BCUT2D eigenvalue weighted by molar-refractivity contribution is 0.164. The van der Waals surface area contributed by atoms with Crippen molar-refractivity contribution in [3.05, 3.63) is 77.0 Å². The second kappa shape index (κ2) is 5.99. The molecule has 118 valence electrons. The third-order valence-electron chi connectivity index (χ3n) is 4.71. The van der Waals surface area contributed by atoms with Crippen molar-refractivity contribution in [1.29, 1.82) is 5.26 Å². The van der Waals surface area contributed by atoms with Crippen LogP contribution in [0.2, 0.25) is 0 Å². The average molecular weight is 314 g/mol. The fourth-order valence-electron chi connectivity index (χ4n) is 3.52. The van der Waals surface area contributed by atoms with Crippen LogP contribution >= 0.6 is 0 Å². The second-order valence-electron chi connectivity index (χ2n) is 6.03. The van der Waals surface area contributed by atoms with Crippen LogP contribution in [0.3, 0.4) is 0 Å². The van der Waals surface area contributed by atoms with Crippen molar-refractivity contribution in [2.24, 2.45) is 7.05 Å². The molecular formula is C21H18N2O. The maximum Gasteiger partial charge on any atom is 0.0991 e. The number of hydrogen-bond acceptors (Lipinski definition) is 2. The Balaban J connectivity index is 1.98. The summed E-state index contributed by atoms with van der Waals surface area (Å²) in [4.78, 5) is 0. The molecule has 0 radical (unpaired) electrons. The van der Waals surface area contributed by atoms with Crippen LogP contribution in [0.15, 0.2) is 54.6 Å². The van der Waals surface area contributed by atoms with Crippen LogP contribution in [-0.4, -0.2) is 17.8 Å². The van der Waals surface area contributed by atoms with Gasteiger partial charge in [-0.2, -0.15) is 5.26 Å². The number of aryl methyl sites for hydroxylation is 1. The minimum Gasteiger partial charge on any atom is -0.377 e. The van der Waals surface area contributed by atoms with E-state index in [0.29, 0.717) is 12.2 Å². The zero-order chi connectivity index (χ0) is 16.5. The van der Waals surface area contributed by atoms with Gasteiger partial charge in [-0.15, -0.1) is 0 Å².